The first kappa shape index (κ1) is 13.3. The van der Waals surface area contributed by atoms with Crippen LogP contribution in [0.25, 0.3) is 0 Å². The highest BCUT2D eigenvalue weighted by Gasteiger charge is 2.47. The van der Waals surface area contributed by atoms with E-state index in [1.165, 1.54) is 0 Å². The molecule has 0 radical (unpaired) electrons. The maximum absolute atomic E-state index is 12.0. The highest BCUT2D eigenvalue weighted by Crippen LogP contribution is 2.50. The zero-order chi connectivity index (χ0) is 14.3. The second kappa shape index (κ2) is 4.69. The lowest BCUT2D eigenvalue weighted by Crippen LogP contribution is -2.35. The summed E-state index contributed by atoms with van der Waals surface area (Å²) in [6, 6.07) is 1.96. The van der Waals surface area contributed by atoms with Crippen LogP contribution in [0.15, 0.2) is 6.07 Å². The molecule has 1 saturated carbocycles. The summed E-state index contributed by atoms with van der Waals surface area (Å²) in [5, 5.41) is 9.84. The summed E-state index contributed by atoms with van der Waals surface area (Å²) in [6.07, 6.45) is 3.27. The molecule has 108 valence electrons. The lowest BCUT2D eigenvalue weighted by atomic mass is 9.75. The molecule has 4 heteroatoms. The van der Waals surface area contributed by atoms with Crippen LogP contribution < -0.4 is 9.47 Å². The van der Waals surface area contributed by atoms with Gasteiger partial charge in [0.1, 0.15) is 13.2 Å². The van der Waals surface area contributed by atoms with Crippen LogP contribution in [0.1, 0.15) is 42.4 Å². The molecule has 0 aromatic heterocycles. The molecule has 1 heterocycles. The topological polar surface area (TPSA) is 55.8 Å². The van der Waals surface area contributed by atoms with Crippen molar-refractivity contribution in [3.05, 3.63) is 22.8 Å². The van der Waals surface area contributed by atoms with Gasteiger partial charge < -0.3 is 14.6 Å². The van der Waals surface area contributed by atoms with Gasteiger partial charge in [-0.05, 0) is 43.9 Å². The first-order valence-corrected chi connectivity index (χ1v) is 7.20. The normalized spacial score (nSPS) is 19.9. The van der Waals surface area contributed by atoms with Crippen molar-refractivity contribution in [1.82, 2.24) is 0 Å². The lowest BCUT2D eigenvalue weighted by molar-refractivity contribution is -0.143. The third-order valence-electron chi connectivity index (χ3n) is 4.70. The lowest BCUT2D eigenvalue weighted by Gasteiger charge is -2.32. The monoisotopic (exact) mass is 276 g/mol. The van der Waals surface area contributed by atoms with Crippen LogP contribution in [0.2, 0.25) is 0 Å². The van der Waals surface area contributed by atoms with E-state index in [0.717, 1.165) is 29.5 Å². The number of aryl methyl sites for hydroxylation is 1. The number of carboxylic acids is 1. The fraction of sp³-hybridized carbons (Fsp3) is 0.562. The van der Waals surface area contributed by atoms with Gasteiger partial charge in [0.2, 0.25) is 0 Å². The van der Waals surface area contributed by atoms with Gasteiger partial charge in [0.25, 0.3) is 0 Å². The highest BCUT2D eigenvalue weighted by molar-refractivity contribution is 5.84. The fourth-order valence-electron chi connectivity index (χ4n) is 3.53. The molecule has 1 fully saturated rings. The minimum atomic E-state index is -0.805. The third kappa shape index (κ3) is 1.78. The van der Waals surface area contributed by atoms with E-state index in [0.29, 0.717) is 37.6 Å². The SMILES string of the molecule is Cc1cc2c(c(C3(C(=O)O)CCCC3)c1C)OCCO2. The second-order valence-corrected chi connectivity index (χ2v) is 5.81. The Bertz CT molecular complexity index is 556. The van der Waals surface area contributed by atoms with Crippen LogP contribution in [0.3, 0.4) is 0 Å². The Morgan fingerprint density at radius 3 is 2.50 bits per heavy atom. The zero-order valence-electron chi connectivity index (χ0n) is 12.0. The number of aliphatic carboxylic acids is 1. The van der Waals surface area contributed by atoms with Gasteiger partial charge in [-0.15, -0.1) is 0 Å². The Hall–Kier alpha value is -1.71. The van der Waals surface area contributed by atoms with E-state index < -0.39 is 11.4 Å². The predicted molar refractivity (Wildman–Crippen MR) is 74.7 cm³/mol. The van der Waals surface area contributed by atoms with E-state index in [9.17, 15) is 9.90 Å². The van der Waals surface area contributed by atoms with Crippen molar-refractivity contribution in [2.75, 3.05) is 13.2 Å². The van der Waals surface area contributed by atoms with Crippen molar-refractivity contribution in [1.29, 1.82) is 0 Å². The van der Waals surface area contributed by atoms with Crippen molar-refractivity contribution >= 4 is 5.97 Å². The average molecular weight is 276 g/mol. The molecular weight excluding hydrogens is 256 g/mol. The van der Waals surface area contributed by atoms with Crippen molar-refractivity contribution in [3.63, 3.8) is 0 Å². The molecule has 0 atom stereocenters. The summed E-state index contributed by atoms with van der Waals surface area (Å²) in [6.45, 7) is 5.00. The smallest absolute Gasteiger partial charge is 0.314 e. The van der Waals surface area contributed by atoms with E-state index >= 15 is 0 Å². The molecule has 0 amide bonds. The van der Waals surface area contributed by atoms with Gasteiger partial charge in [0.15, 0.2) is 11.5 Å². The number of hydrogen-bond donors (Lipinski definition) is 1. The van der Waals surface area contributed by atoms with Crippen LogP contribution in [-0.4, -0.2) is 24.3 Å². The molecule has 1 aliphatic heterocycles. The first-order chi connectivity index (χ1) is 9.56. The van der Waals surface area contributed by atoms with Crippen molar-refractivity contribution in [2.24, 2.45) is 0 Å². The van der Waals surface area contributed by atoms with Crippen LogP contribution >= 0.6 is 0 Å². The van der Waals surface area contributed by atoms with E-state index in [4.69, 9.17) is 9.47 Å². The molecule has 0 bridgehead atoms. The molecule has 3 rings (SSSR count). The Kier molecular flexibility index (Phi) is 3.11. The summed E-state index contributed by atoms with van der Waals surface area (Å²) in [5.74, 6) is 0.616. The Balaban J connectivity index is 2.26. The molecule has 20 heavy (non-hydrogen) atoms. The summed E-state index contributed by atoms with van der Waals surface area (Å²) in [4.78, 5) is 12.0. The molecule has 1 N–H and O–H groups in total. The summed E-state index contributed by atoms with van der Waals surface area (Å²) < 4.78 is 11.5. The van der Waals surface area contributed by atoms with Crippen LogP contribution in [0, 0.1) is 13.8 Å². The number of rotatable bonds is 2. The van der Waals surface area contributed by atoms with Gasteiger partial charge in [0.05, 0.1) is 5.41 Å². The number of carboxylic acid groups (broad SMARTS) is 1. The van der Waals surface area contributed by atoms with Crippen molar-refractivity contribution in [2.45, 2.75) is 44.9 Å². The van der Waals surface area contributed by atoms with Crippen LogP contribution in [-0.2, 0) is 10.2 Å². The Morgan fingerprint density at radius 2 is 1.85 bits per heavy atom. The highest BCUT2D eigenvalue weighted by atomic mass is 16.6. The van der Waals surface area contributed by atoms with E-state index in [-0.39, 0.29) is 0 Å². The largest absolute Gasteiger partial charge is 0.486 e. The van der Waals surface area contributed by atoms with Gasteiger partial charge in [-0.2, -0.15) is 0 Å². The molecular formula is C16H20O4. The fourth-order valence-corrected chi connectivity index (χ4v) is 3.53. The van der Waals surface area contributed by atoms with Crippen LogP contribution in [0.4, 0.5) is 0 Å². The maximum atomic E-state index is 12.0. The molecule has 0 unspecified atom stereocenters. The standard InChI is InChI=1S/C16H20O4/c1-10-9-12-14(20-8-7-19-12)13(11(10)2)16(15(17)18)5-3-4-6-16/h9H,3-8H2,1-2H3,(H,17,18). The molecule has 2 aliphatic rings. The summed E-state index contributed by atoms with van der Waals surface area (Å²) in [5.41, 5.74) is 2.13. The number of ether oxygens (including phenoxy) is 2. The Morgan fingerprint density at radius 1 is 1.20 bits per heavy atom. The zero-order valence-corrected chi connectivity index (χ0v) is 12.0. The van der Waals surface area contributed by atoms with E-state index in [1.807, 2.05) is 19.9 Å². The number of carbonyl (C=O) groups is 1. The van der Waals surface area contributed by atoms with Crippen molar-refractivity contribution < 1.29 is 19.4 Å². The quantitative estimate of drug-likeness (QED) is 0.902. The van der Waals surface area contributed by atoms with Crippen LogP contribution in [0.5, 0.6) is 11.5 Å². The van der Waals surface area contributed by atoms with E-state index in [1.54, 1.807) is 0 Å². The van der Waals surface area contributed by atoms with Gasteiger partial charge >= 0.3 is 5.97 Å². The Labute approximate surface area is 118 Å². The molecule has 1 aliphatic carbocycles. The minimum absolute atomic E-state index is 0.484. The molecule has 1 aromatic rings. The molecule has 0 spiro atoms. The average Bonchev–Trinajstić information content (AvgIpc) is 2.90. The summed E-state index contributed by atoms with van der Waals surface area (Å²) >= 11 is 0. The summed E-state index contributed by atoms with van der Waals surface area (Å²) in [7, 11) is 0. The molecule has 0 saturated heterocycles. The molecule has 4 nitrogen and oxygen atoms in total. The number of benzene rings is 1. The van der Waals surface area contributed by atoms with E-state index in [2.05, 4.69) is 0 Å². The van der Waals surface area contributed by atoms with Gasteiger partial charge in [-0.1, -0.05) is 12.8 Å². The third-order valence-corrected chi connectivity index (χ3v) is 4.70. The number of hydrogen-bond acceptors (Lipinski definition) is 3. The van der Waals surface area contributed by atoms with Gasteiger partial charge in [-0.25, -0.2) is 0 Å². The second-order valence-electron chi connectivity index (χ2n) is 5.81. The predicted octanol–water partition coefficient (Wildman–Crippen LogP) is 2.97. The first-order valence-electron chi connectivity index (χ1n) is 7.20. The van der Waals surface area contributed by atoms with Gasteiger partial charge in [-0.3, -0.25) is 4.79 Å². The van der Waals surface area contributed by atoms with Crippen molar-refractivity contribution in [3.8, 4) is 11.5 Å². The van der Waals surface area contributed by atoms with Gasteiger partial charge in [0, 0.05) is 5.56 Å². The molecule has 1 aromatic carbocycles. The minimum Gasteiger partial charge on any atom is -0.486 e. The number of fused-ring (bicyclic) bond motifs is 1. The maximum Gasteiger partial charge on any atom is 0.314 e.